The number of nitrogens with two attached hydrogens (primary N) is 1. The summed E-state index contributed by atoms with van der Waals surface area (Å²) in [7, 11) is 0. The van der Waals surface area contributed by atoms with Crippen LogP contribution in [0.5, 0.6) is 0 Å². The molecule has 0 radical (unpaired) electrons. The molecule has 1 aromatic carbocycles. The molecule has 2 N–H and O–H groups in total. The molecule has 1 fully saturated rings. The number of nitrogens with zero attached hydrogens (tertiary/aromatic N) is 3. The fraction of sp³-hybridized carbons (Fsp3) is 0.545. The number of imidazole rings is 1. The number of thiol groups is 1. The van der Waals surface area contributed by atoms with Gasteiger partial charge in [-0.3, -0.25) is 4.79 Å². The largest absolute Gasteiger partial charge is 0.331 e. The van der Waals surface area contributed by atoms with E-state index in [9.17, 15) is 4.79 Å². The predicted octanol–water partition coefficient (Wildman–Crippen LogP) is 3.66. The Bertz CT molecular complexity index is 800. The summed E-state index contributed by atoms with van der Waals surface area (Å²) in [5, 5.41) is 0. The van der Waals surface area contributed by atoms with Crippen LogP contribution in [0.25, 0.3) is 11.3 Å². The molecule has 1 aromatic heterocycles. The zero-order chi connectivity index (χ0) is 19.5. The van der Waals surface area contributed by atoms with Crippen LogP contribution in [0.3, 0.4) is 0 Å². The van der Waals surface area contributed by atoms with Gasteiger partial charge in [0.1, 0.15) is 5.82 Å². The van der Waals surface area contributed by atoms with Gasteiger partial charge in [0.25, 0.3) is 0 Å². The first-order valence-electron chi connectivity index (χ1n) is 10.5. The van der Waals surface area contributed by atoms with Crippen molar-refractivity contribution in [2.45, 2.75) is 57.2 Å². The molecule has 0 saturated heterocycles. The number of carbonyl (C=O) groups is 1. The van der Waals surface area contributed by atoms with Crippen molar-refractivity contribution in [2.24, 2.45) is 11.7 Å². The average molecular weight is 399 g/mol. The van der Waals surface area contributed by atoms with Crippen LogP contribution >= 0.6 is 12.6 Å². The Morgan fingerprint density at radius 2 is 1.93 bits per heavy atom. The maximum Gasteiger partial charge on any atom is 0.241 e. The highest BCUT2D eigenvalue weighted by Gasteiger charge is 2.36. The third kappa shape index (κ3) is 3.98. The van der Waals surface area contributed by atoms with Crippen molar-refractivity contribution < 1.29 is 4.79 Å². The minimum absolute atomic E-state index is 0.00585. The third-order valence-corrected chi connectivity index (χ3v) is 6.60. The lowest BCUT2D eigenvalue weighted by Crippen LogP contribution is -2.50. The number of aromatic nitrogens is 2. The molecule has 2 aliphatic rings. The van der Waals surface area contributed by atoms with Crippen molar-refractivity contribution >= 4 is 18.5 Å². The lowest BCUT2D eigenvalue weighted by atomic mass is 9.84. The van der Waals surface area contributed by atoms with Crippen LogP contribution in [0, 0.1) is 5.92 Å². The Hall–Kier alpha value is -1.79. The predicted molar refractivity (Wildman–Crippen MR) is 115 cm³/mol. The SMILES string of the molecule is N[C@@H](CS)C(=O)N1CCn2cc(-c3ccccc3)nc2[C@@H]1CC1CCCCC1. The number of rotatable bonds is 5. The van der Waals surface area contributed by atoms with E-state index < -0.39 is 6.04 Å². The third-order valence-electron chi connectivity index (χ3n) is 6.21. The van der Waals surface area contributed by atoms with Gasteiger partial charge in [-0.15, -0.1) is 0 Å². The summed E-state index contributed by atoms with van der Waals surface area (Å²) in [6.07, 6.45) is 9.56. The molecule has 0 spiro atoms. The summed E-state index contributed by atoms with van der Waals surface area (Å²) in [4.78, 5) is 20.0. The van der Waals surface area contributed by atoms with Gasteiger partial charge in [-0.05, 0) is 12.3 Å². The lowest BCUT2D eigenvalue weighted by molar-refractivity contribution is -0.136. The number of amides is 1. The van der Waals surface area contributed by atoms with E-state index in [1.165, 1.54) is 32.1 Å². The molecule has 4 rings (SSSR count). The Morgan fingerprint density at radius 3 is 2.64 bits per heavy atom. The van der Waals surface area contributed by atoms with Gasteiger partial charge < -0.3 is 15.2 Å². The minimum atomic E-state index is -0.549. The van der Waals surface area contributed by atoms with Gasteiger partial charge in [0, 0.05) is 30.6 Å². The second-order valence-electron chi connectivity index (χ2n) is 8.12. The Morgan fingerprint density at radius 1 is 1.18 bits per heavy atom. The van der Waals surface area contributed by atoms with E-state index >= 15 is 0 Å². The van der Waals surface area contributed by atoms with Gasteiger partial charge in [-0.25, -0.2) is 4.98 Å². The molecule has 1 aliphatic carbocycles. The molecule has 1 amide bonds. The highest BCUT2D eigenvalue weighted by molar-refractivity contribution is 7.80. The van der Waals surface area contributed by atoms with E-state index in [-0.39, 0.29) is 11.9 Å². The van der Waals surface area contributed by atoms with E-state index in [1.54, 1.807) is 0 Å². The Balaban J connectivity index is 1.66. The zero-order valence-electron chi connectivity index (χ0n) is 16.3. The smallest absolute Gasteiger partial charge is 0.241 e. The number of fused-ring (bicyclic) bond motifs is 1. The standard InChI is InChI=1S/C22H30N4OS/c23-18(15-28)22(27)26-12-11-25-14-19(17-9-5-2-6-10-17)24-21(25)20(26)13-16-7-3-1-4-8-16/h2,5-6,9-10,14,16,18,20,28H,1,3-4,7-8,11-13,15,23H2/t18-,20-/m0/s1. The fourth-order valence-electron chi connectivity index (χ4n) is 4.66. The van der Waals surface area contributed by atoms with Crippen LogP contribution < -0.4 is 5.73 Å². The molecule has 6 heteroatoms. The quantitative estimate of drug-likeness (QED) is 0.756. The molecule has 0 unspecified atom stereocenters. The van der Waals surface area contributed by atoms with Crippen molar-refractivity contribution in [1.82, 2.24) is 14.5 Å². The maximum atomic E-state index is 13.0. The molecule has 150 valence electrons. The summed E-state index contributed by atoms with van der Waals surface area (Å²) >= 11 is 4.25. The van der Waals surface area contributed by atoms with Crippen LogP contribution in [0.1, 0.15) is 50.4 Å². The second-order valence-corrected chi connectivity index (χ2v) is 8.49. The van der Waals surface area contributed by atoms with Crippen LogP contribution in [0.4, 0.5) is 0 Å². The first-order valence-corrected chi connectivity index (χ1v) is 11.1. The van der Waals surface area contributed by atoms with Gasteiger partial charge in [-0.2, -0.15) is 12.6 Å². The summed E-state index contributed by atoms with van der Waals surface area (Å²) < 4.78 is 2.24. The summed E-state index contributed by atoms with van der Waals surface area (Å²) in [5.74, 6) is 2.04. The van der Waals surface area contributed by atoms with E-state index in [1.807, 2.05) is 23.1 Å². The van der Waals surface area contributed by atoms with E-state index in [0.29, 0.717) is 18.2 Å². The topological polar surface area (TPSA) is 64.2 Å². The average Bonchev–Trinajstić information content (AvgIpc) is 3.19. The minimum Gasteiger partial charge on any atom is -0.331 e. The highest BCUT2D eigenvalue weighted by atomic mass is 32.1. The van der Waals surface area contributed by atoms with Crippen molar-refractivity contribution in [3.63, 3.8) is 0 Å². The summed E-state index contributed by atoms with van der Waals surface area (Å²) in [6, 6.07) is 9.72. The van der Waals surface area contributed by atoms with Crippen LogP contribution in [-0.4, -0.2) is 38.7 Å². The molecular weight excluding hydrogens is 368 g/mol. The number of hydrogen-bond acceptors (Lipinski definition) is 4. The zero-order valence-corrected chi connectivity index (χ0v) is 17.2. The number of benzene rings is 1. The molecular formula is C22H30N4OS. The van der Waals surface area contributed by atoms with Crippen molar-refractivity contribution in [1.29, 1.82) is 0 Å². The van der Waals surface area contributed by atoms with Crippen LogP contribution in [0.15, 0.2) is 36.5 Å². The molecule has 2 aromatic rings. The number of carbonyl (C=O) groups excluding carboxylic acids is 1. The van der Waals surface area contributed by atoms with Crippen molar-refractivity contribution in [3.8, 4) is 11.3 Å². The van der Waals surface area contributed by atoms with E-state index in [0.717, 1.165) is 30.0 Å². The Labute approximate surface area is 172 Å². The molecule has 1 saturated carbocycles. The molecule has 2 atom stereocenters. The van der Waals surface area contributed by atoms with Gasteiger partial charge in [0.15, 0.2) is 0 Å². The maximum absolute atomic E-state index is 13.0. The van der Waals surface area contributed by atoms with Crippen molar-refractivity contribution in [3.05, 3.63) is 42.4 Å². The van der Waals surface area contributed by atoms with Gasteiger partial charge >= 0.3 is 0 Å². The van der Waals surface area contributed by atoms with E-state index in [4.69, 9.17) is 10.7 Å². The normalized spacial score (nSPS) is 21.4. The van der Waals surface area contributed by atoms with Gasteiger partial charge in [-0.1, -0.05) is 62.4 Å². The second kappa shape index (κ2) is 8.70. The summed E-state index contributed by atoms with van der Waals surface area (Å²) in [5.41, 5.74) is 8.16. The Kier molecular flexibility index (Phi) is 6.07. The van der Waals surface area contributed by atoms with Gasteiger partial charge in [0.2, 0.25) is 5.91 Å². The lowest BCUT2D eigenvalue weighted by Gasteiger charge is -2.39. The van der Waals surface area contributed by atoms with Crippen molar-refractivity contribution in [2.75, 3.05) is 12.3 Å². The van der Waals surface area contributed by atoms with Crippen LogP contribution in [-0.2, 0) is 11.3 Å². The first-order chi connectivity index (χ1) is 13.7. The monoisotopic (exact) mass is 398 g/mol. The first kappa shape index (κ1) is 19.5. The van der Waals surface area contributed by atoms with Gasteiger partial charge in [0.05, 0.1) is 17.8 Å². The van der Waals surface area contributed by atoms with E-state index in [2.05, 4.69) is 35.5 Å². The highest BCUT2D eigenvalue weighted by Crippen LogP contribution is 2.37. The fourth-order valence-corrected chi connectivity index (χ4v) is 4.82. The molecule has 1 aliphatic heterocycles. The molecule has 2 heterocycles. The molecule has 0 bridgehead atoms. The molecule has 28 heavy (non-hydrogen) atoms. The number of hydrogen-bond donors (Lipinski definition) is 2. The molecule has 5 nitrogen and oxygen atoms in total. The van der Waals surface area contributed by atoms with Crippen LogP contribution in [0.2, 0.25) is 0 Å². The summed E-state index contributed by atoms with van der Waals surface area (Å²) in [6.45, 7) is 1.46.